The molecule has 138 valence electrons. The molecule has 3 heterocycles. The molecule has 4 rings (SSSR count). The molecule has 0 radical (unpaired) electrons. The van der Waals surface area contributed by atoms with Gasteiger partial charge in [0.1, 0.15) is 4.21 Å². The topological polar surface area (TPSA) is 84.9 Å². The molecule has 0 saturated carbocycles. The zero-order valence-corrected chi connectivity index (χ0v) is 15.6. The van der Waals surface area contributed by atoms with Crippen LogP contribution in [0, 0.1) is 0 Å². The largest absolute Gasteiger partial charge is 0.454 e. The van der Waals surface area contributed by atoms with Gasteiger partial charge in [-0.2, -0.15) is 4.31 Å². The van der Waals surface area contributed by atoms with E-state index in [4.69, 9.17) is 9.47 Å². The average Bonchev–Trinajstić information content (AvgIpc) is 3.40. The molecule has 1 saturated heterocycles. The molecule has 1 aromatic heterocycles. The standard InChI is InChI=1S/C17H18N2O5S2/c20-17(18-10-12-3-4-13-14(9-12)24-11-23-13)15-5-6-16(25-15)26(21,22)19-7-1-2-8-19/h3-6,9H,1-2,7-8,10-11H2,(H,18,20). The smallest absolute Gasteiger partial charge is 0.261 e. The van der Waals surface area contributed by atoms with E-state index in [0.29, 0.717) is 36.0 Å². The number of sulfonamides is 1. The van der Waals surface area contributed by atoms with E-state index >= 15 is 0 Å². The monoisotopic (exact) mass is 394 g/mol. The van der Waals surface area contributed by atoms with Crippen molar-refractivity contribution in [2.24, 2.45) is 0 Å². The maximum atomic E-state index is 12.5. The molecule has 0 bridgehead atoms. The summed E-state index contributed by atoms with van der Waals surface area (Å²) in [4.78, 5) is 12.7. The summed E-state index contributed by atoms with van der Waals surface area (Å²) in [6, 6.07) is 8.54. The van der Waals surface area contributed by atoms with E-state index in [-0.39, 0.29) is 16.9 Å². The molecule has 2 aromatic rings. The van der Waals surface area contributed by atoms with Crippen molar-refractivity contribution < 1.29 is 22.7 Å². The molecule has 0 unspecified atom stereocenters. The first-order chi connectivity index (χ1) is 12.5. The van der Waals surface area contributed by atoms with Gasteiger partial charge in [-0.25, -0.2) is 8.42 Å². The third-order valence-corrected chi connectivity index (χ3v) is 7.80. The van der Waals surface area contributed by atoms with Gasteiger partial charge in [0.2, 0.25) is 6.79 Å². The number of hydrogen-bond donors (Lipinski definition) is 1. The van der Waals surface area contributed by atoms with E-state index in [1.165, 1.54) is 10.4 Å². The lowest BCUT2D eigenvalue weighted by Gasteiger charge is -2.13. The summed E-state index contributed by atoms with van der Waals surface area (Å²) in [6.45, 7) is 1.62. The van der Waals surface area contributed by atoms with Gasteiger partial charge in [0.15, 0.2) is 11.5 Å². The lowest BCUT2D eigenvalue weighted by molar-refractivity contribution is 0.0955. The average molecular weight is 394 g/mol. The van der Waals surface area contributed by atoms with Gasteiger partial charge in [0, 0.05) is 19.6 Å². The van der Waals surface area contributed by atoms with E-state index in [2.05, 4.69) is 5.32 Å². The van der Waals surface area contributed by atoms with Gasteiger partial charge in [-0.3, -0.25) is 4.79 Å². The lowest BCUT2D eigenvalue weighted by Crippen LogP contribution is -2.27. The predicted octanol–water partition coefficient (Wildman–Crippen LogP) is 2.19. The van der Waals surface area contributed by atoms with E-state index in [9.17, 15) is 13.2 Å². The lowest BCUT2D eigenvalue weighted by atomic mass is 10.2. The summed E-state index contributed by atoms with van der Waals surface area (Å²) in [5.41, 5.74) is 0.879. The summed E-state index contributed by atoms with van der Waals surface area (Å²) < 4.78 is 37.3. The van der Waals surface area contributed by atoms with Crippen LogP contribution in [0.15, 0.2) is 34.5 Å². The van der Waals surface area contributed by atoms with E-state index in [0.717, 1.165) is 29.7 Å². The highest BCUT2D eigenvalue weighted by atomic mass is 32.2. The first-order valence-electron chi connectivity index (χ1n) is 8.31. The van der Waals surface area contributed by atoms with Crippen molar-refractivity contribution in [3.63, 3.8) is 0 Å². The second-order valence-electron chi connectivity index (χ2n) is 6.10. The summed E-state index contributed by atoms with van der Waals surface area (Å²) in [7, 11) is -3.48. The van der Waals surface area contributed by atoms with Crippen LogP contribution in [0.4, 0.5) is 0 Å². The van der Waals surface area contributed by atoms with E-state index in [1.807, 2.05) is 12.1 Å². The predicted molar refractivity (Wildman–Crippen MR) is 96.0 cm³/mol. The van der Waals surface area contributed by atoms with Crippen LogP contribution in [0.3, 0.4) is 0 Å². The molecular weight excluding hydrogens is 376 g/mol. The molecule has 26 heavy (non-hydrogen) atoms. The van der Waals surface area contributed by atoms with Gasteiger partial charge in [-0.15, -0.1) is 11.3 Å². The summed E-state index contributed by atoms with van der Waals surface area (Å²) in [5, 5.41) is 2.81. The number of benzene rings is 1. The molecule has 2 aliphatic heterocycles. The summed E-state index contributed by atoms with van der Waals surface area (Å²) in [5.74, 6) is 1.05. The van der Waals surface area contributed by atoms with Crippen molar-refractivity contribution in [2.45, 2.75) is 23.6 Å². The van der Waals surface area contributed by atoms with Crippen LogP contribution in [-0.2, 0) is 16.6 Å². The number of ether oxygens (including phenoxy) is 2. The highest BCUT2D eigenvalue weighted by Gasteiger charge is 2.29. The molecular formula is C17H18N2O5S2. The number of nitrogens with one attached hydrogen (secondary N) is 1. The molecule has 1 amide bonds. The minimum atomic E-state index is -3.48. The molecule has 0 aliphatic carbocycles. The molecule has 1 aromatic carbocycles. The van der Waals surface area contributed by atoms with Crippen molar-refractivity contribution in [3.05, 3.63) is 40.8 Å². The number of carbonyl (C=O) groups is 1. The van der Waals surface area contributed by atoms with E-state index < -0.39 is 10.0 Å². The number of hydrogen-bond acceptors (Lipinski definition) is 6. The Morgan fingerprint density at radius 3 is 2.69 bits per heavy atom. The highest BCUT2D eigenvalue weighted by molar-refractivity contribution is 7.91. The number of fused-ring (bicyclic) bond motifs is 1. The van der Waals surface area contributed by atoms with Gasteiger partial charge in [0.25, 0.3) is 15.9 Å². The van der Waals surface area contributed by atoms with E-state index in [1.54, 1.807) is 12.1 Å². The van der Waals surface area contributed by atoms with Crippen LogP contribution in [0.25, 0.3) is 0 Å². The van der Waals surface area contributed by atoms with Crippen LogP contribution in [-0.4, -0.2) is 38.5 Å². The summed E-state index contributed by atoms with van der Waals surface area (Å²) in [6.07, 6.45) is 1.76. The van der Waals surface area contributed by atoms with Gasteiger partial charge < -0.3 is 14.8 Å². The molecule has 0 atom stereocenters. The van der Waals surface area contributed by atoms with Crippen molar-refractivity contribution >= 4 is 27.3 Å². The van der Waals surface area contributed by atoms with Crippen molar-refractivity contribution in [3.8, 4) is 11.5 Å². The fourth-order valence-electron chi connectivity index (χ4n) is 2.96. The Hall–Kier alpha value is -2.10. The number of amides is 1. The normalized spacial score (nSPS) is 16.8. The van der Waals surface area contributed by atoms with Crippen molar-refractivity contribution in [1.29, 1.82) is 0 Å². The Bertz CT molecular complexity index is 932. The zero-order valence-electron chi connectivity index (χ0n) is 13.9. The maximum Gasteiger partial charge on any atom is 0.261 e. The minimum absolute atomic E-state index is 0.203. The number of thiophene rings is 1. The van der Waals surface area contributed by atoms with Gasteiger partial charge in [-0.1, -0.05) is 6.07 Å². The van der Waals surface area contributed by atoms with Crippen LogP contribution in [0.5, 0.6) is 11.5 Å². The van der Waals surface area contributed by atoms with Crippen molar-refractivity contribution in [1.82, 2.24) is 9.62 Å². The Morgan fingerprint density at radius 1 is 1.12 bits per heavy atom. The first-order valence-corrected chi connectivity index (χ1v) is 10.6. The second-order valence-corrected chi connectivity index (χ2v) is 9.35. The number of rotatable bonds is 5. The Labute approximate surface area is 155 Å². The molecule has 1 fully saturated rings. The van der Waals surface area contributed by atoms with Gasteiger partial charge >= 0.3 is 0 Å². The molecule has 7 nitrogen and oxygen atoms in total. The van der Waals surface area contributed by atoms with Crippen LogP contribution >= 0.6 is 11.3 Å². The minimum Gasteiger partial charge on any atom is -0.454 e. The van der Waals surface area contributed by atoms with Crippen LogP contribution < -0.4 is 14.8 Å². The number of nitrogens with zero attached hydrogens (tertiary/aromatic N) is 1. The quantitative estimate of drug-likeness (QED) is 0.840. The molecule has 1 N–H and O–H groups in total. The third-order valence-electron chi connectivity index (χ3n) is 4.35. The fraction of sp³-hybridized carbons (Fsp3) is 0.353. The van der Waals surface area contributed by atoms with Gasteiger partial charge in [-0.05, 0) is 42.7 Å². The Balaban J connectivity index is 1.42. The SMILES string of the molecule is O=C(NCc1ccc2c(c1)OCO2)c1ccc(S(=O)(=O)N2CCCC2)s1. The zero-order chi connectivity index (χ0) is 18.1. The third kappa shape index (κ3) is 3.29. The van der Waals surface area contributed by atoms with Gasteiger partial charge in [0.05, 0.1) is 4.88 Å². The number of carbonyl (C=O) groups excluding carboxylic acids is 1. The molecule has 0 spiro atoms. The Morgan fingerprint density at radius 2 is 1.88 bits per heavy atom. The molecule has 2 aliphatic rings. The second kappa shape index (κ2) is 6.90. The maximum absolute atomic E-state index is 12.5. The van der Waals surface area contributed by atoms with Crippen LogP contribution in [0.2, 0.25) is 0 Å². The van der Waals surface area contributed by atoms with Crippen molar-refractivity contribution in [2.75, 3.05) is 19.9 Å². The summed E-state index contributed by atoms with van der Waals surface area (Å²) >= 11 is 1.00. The van der Waals surface area contributed by atoms with Crippen LogP contribution in [0.1, 0.15) is 28.1 Å². The first kappa shape index (κ1) is 17.3. The molecule has 9 heteroatoms. The Kier molecular flexibility index (Phi) is 4.60. The fourth-order valence-corrected chi connectivity index (χ4v) is 5.85. The highest BCUT2D eigenvalue weighted by Crippen LogP contribution is 2.32.